The number of carbonyl (C=O) groups is 3. The van der Waals surface area contributed by atoms with Crippen LogP contribution in [0.2, 0.25) is 0 Å². The van der Waals surface area contributed by atoms with E-state index in [2.05, 4.69) is 10.6 Å². The lowest BCUT2D eigenvalue weighted by molar-refractivity contribution is -0.140. The number of urea groups is 1. The van der Waals surface area contributed by atoms with Crippen LogP contribution in [0, 0.1) is 0 Å². The SMILES string of the molecule is CSC1(CNC(=O)N[C@@H](CCC(=O)O)C(=O)O)CCC1. The third kappa shape index (κ3) is 4.92. The van der Waals surface area contributed by atoms with Crippen LogP contribution in [-0.4, -0.2) is 51.8 Å². The van der Waals surface area contributed by atoms with Crippen LogP contribution in [0.3, 0.4) is 0 Å². The number of nitrogens with one attached hydrogen (secondary N) is 2. The van der Waals surface area contributed by atoms with Crippen LogP contribution in [0.25, 0.3) is 0 Å². The Balaban J connectivity index is 2.37. The molecule has 0 aliphatic heterocycles. The molecule has 7 nitrogen and oxygen atoms in total. The molecule has 0 radical (unpaired) electrons. The van der Waals surface area contributed by atoms with Crippen LogP contribution in [0.5, 0.6) is 0 Å². The van der Waals surface area contributed by atoms with Gasteiger partial charge in [0.25, 0.3) is 0 Å². The monoisotopic (exact) mass is 304 g/mol. The zero-order valence-electron chi connectivity index (χ0n) is 11.3. The molecule has 0 aromatic rings. The fraction of sp³-hybridized carbons (Fsp3) is 0.750. The van der Waals surface area contributed by atoms with Crippen molar-refractivity contribution >= 4 is 29.7 Å². The summed E-state index contributed by atoms with van der Waals surface area (Å²) in [5, 5.41) is 22.4. The smallest absolute Gasteiger partial charge is 0.326 e. The maximum atomic E-state index is 11.7. The molecule has 0 unspecified atom stereocenters. The molecule has 4 N–H and O–H groups in total. The van der Waals surface area contributed by atoms with Crippen molar-refractivity contribution in [2.45, 2.75) is 42.9 Å². The molecule has 2 amide bonds. The van der Waals surface area contributed by atoms with Crippen LogP contribution in [0.15, 0.2) is 0 Å². The Morgan fingerprint density at radius 2 is 1.95 bits per heavy atom. The number of aliphatic carboxylic acids is 2. The first-order valence-electron chi connectivity index (χ1n) is 6.43. The summed E-state index contributed by atoms with van der Waals surface area (Å²) in [6.45, 7) is 0.491. The molecule has 0 aromatic carbocycles. The first-order valence-corrected chi connectivity index (χ1v) is 7.65. The van der Waals surface area contributed by atoms with E-state index >= 15 is 0 Å². The van der Waals surface area contributed by atoms with Gasteiger partial charge in [-0.2, -0.15) is 11.8 Å². The van der Waals surface area contributed by atoms with Gasteiger partial charge in [-0.1, -0.05) is 6.42 Å². The van der Waals surface area contributed by atoms with Crippen LogP contribution in [0.1, 0.15) is 32.1 Å². The average Bonchev–Trinajstić information content (AvgIpc) is 2.33. The van der Waals surface area contributed by atoms with E-state index < -0.39 is 24.0 Å². The fourth-order valence-electron chi connectivity index (χ4n) is 2.00. The number of hydrogen-bond acceptors (Lipinski definition) is 4. The van der Waals surface area contributed by atoms with Crippen molar-refractivity contribution in [1.29, 1.82) is 0 Å². The van der Waals surface area contributed by atoms with Gasteiger partial charge in [0.2, 0.25) is 0 Å². The van der Waals surface area contributed by atoms with Gasteiger partial charge in [-0.25, -0.2) is 9.59 Å². The second-order valence-corrected chi connectivity index (χ2v) is 6.17. The van der Waals surface area contributed by atoms with Crippen LogP contribution in [0.4, 0.5) is 4.79 Å². The molecular weight excluding hydrogens is 284 g/mol. The van der Waals surface area contributed by atoms with Crippen molar-refractivity contribution in [3.05, 3.63) is 0 Å². The van der Waals surface area contributed by atoms with Crippen LogP contribution < -0.4 is 10.6 Å². The molecule has 1 fully saturated rings. The molecular formula is C12H20N2O5S. The molecule has 114 valence electrons. The summed E-state index contributed by atoms with van der Waals surface area (Å²) in [6.07, 6.45) is 4.77. The molecule has 0 bridgehead atoms. The minimum absolute atomic E-state index is 0.0666. The standard InChI is InChI=1S/C12H20N2O5S/c1-20-12(5-2-6-12)7-13-11(19)14-8(10(17)18)3-4-9(15)16/h8H,2-7H2,1H3,(H,15,16)(H,17,18)(H2,13,14,19)/t8-/m0/s1. The van der Waals surface area contributed by atoms with E-state index in [1.165, 1.54) is 0 Å². The van der Waals surface area contributed by atoms with E-state index in [1.807, 2.05) is 6.26 Å². The molecule has 1 saturated carbocycles. The Bertz CT molecular complexity index is 379. The third-order valence-electron chi connectivity index (χ3n) is 3.52. The Morgan fingerprint density at radius 3 is 2.35 bits per heavy atom. The second kappa shape index (κ2) is 7.37. The minimum atomic E-state index is -1.23. The number of amides is 2. The zero-order chi connectivity index (χ0) is 15.2. The summed E-state index contributed by atoms with van der Waals surface area (Å²) in [7, 11) is 0. The summed E-state index contributed by atoms with van der Waals surface area (Å²) < 4.78 is 0.0666. The van der Waals surface area contributed by atoms with Crippen molar-refractivity contribution in [2.75, 3.05) is 12.8 Å². The van der Waals surface area contributed by atoms with Crippen molar-refractivity contribution < 1.29 is 24.6 Å². The van der Waals surface area contributed by atoms with Crippen molar-refractivity contribution in [2.24, 2.45) is 0 Å². The Kier molecular flexibility index (Phi) is 6.12. The highest BCUT2D eigenvalue weighted by Gasteiger charge is 2.36. The van der Waals surface area contributed by atoms with E-state index in [0.29, 0.717) is 6.54 Å². The van der Waals surface area contributed by atoms with Gasteiger partial charge >= 0.3 is 18.0 Å². The first-order chi connectivity index (χ1) is 9.38. The highest BCUT2D eigenvalue weighted by molar-refractivity contribution is 8.00. The summed E-state index contributed by atoms with van der Waals surface area (Å²) >= 11 is 1.70. The summed E-state index contributed by atoms with van der Waals surface area (Å²) in [5.74, 6) is -2.32. The highest BCUT2D eigenvalue weighted by atomic mass is 32.2. The Morgan fingerprint density at radius 1 is 1.30 bits per heavy atom. The van der Waals surface area contributed by atoms with Gasteiger partial charge in [0.1, 0.15) is 6.04 Å². The predicted octanol–water partition coefficient (Wildman–Crippen LogP) is 0.889. The molecule has 0 heterocycles. The highest BCUT2D eigenvalue weighted by Crippen LogP contribution is 2.42. The average molecular weight is 304 g/mol. The normalized spacial score (nSPS) is 17.6. The first kappa shape index (κ1) is 16.6. The number of carboxylic acid groups (broad SMARTS) is 2. The van der Waals surface area contributed by atoms with E-state index in [9.17, 15) is 14.4 Å². The number of thioether (sulfide) groups is 1. The number of rotatable bonds is 8. The molecule has 8 heteroatoms. The molecule has 1 aliphatic rings. The van der Waals surface area contributed by atoms with E-state index in [1.54, 1.807) is 11.8 Å². The van der Waals surface area contributed by atoms with Crippen molar-refractivity contribution in [3.63, 3.8) is 0 Å². The lowest BCUT2D eigenvalue weighted by Gasteiger charge is -2.40. The minimum Gasteiger partial charge on any atom is -0.481 e. The van der Waals surface area contributed by atoms with Crippen LogP contribution in [-0.2, 0) is 9.59 Å². The molecule has 20 heavy (non-hydrogen) atoms. The van der Waals surface area contributed by atoms with Gasteiger partial charge in [0.15, 0.2) is 0 Å². The molecule has 1 atom stereocenters. The predicted molar refractivity (Wildman–Crippen MR) is 74.9 cm³/mol. The number of carbonyl (C=O) groups excluding carboxylic acids is 1. The Labute approximate surface area is 121 Å². The van der Waals surface area contributed by atoms with Gasteiger partial charge in [0.05, 0.1) is 0 Å². The topological polar surface area (TPSA) is 116 Å². The summed E-state index contributed by atoms with van der Waals surface area (Å²) in [5.41, 5.74) is 0. The quantitative estimate of drug-likeness (QED) is 0.529. The van der Waals surface area contributed by atoms with Gasteiger partial charge in [-0.05, 0) is 25.5 Å². The second-order valence-electron chi connectivity index (χ2n) is 4.89. The van der Waals surface area contributed by atoms with Gasteiger partial charge in [0, 0.05) is 17.7 Å². The molecule has 1 rings (SSSR count). The lowest BCUT2D eigenvalue weighted by atomic mass is 9.84. The largest absolute Gasteiger partial charge is 0.481 e. The van der Waals surface area contributed by atoms with Gasteiger partial charge < -0.3 is 20.8 Å². The van der Waals surface area contributed by atoms with Crippen LogP contribution >= 0.6 is 11.8 Å². The van der Waals surface area contributed by atoms with E-state index in [0.717, 1.165) is 19.3 Å². The Hall–Kier alpha value is -1.44. The molecule has 0 spiro atoms. The summed E-state index contributed by atoms with van der Waals surface area (Å²) in [6, 6.07) is -1.75. The number of hydrogen-bond donors (Lipinski definition) is 4. The third-order valence-corrected chi connectivity index (χ3v) is 4.94. The van der Waals surface area contributed by atoms with Crippen molar-refractivity contribution in [3.8, 4) is 0 Å². The number of carboxylic acids is 2. The van der Waals surface area contributed by atoms with Gasteiger partial charge in [-0.15, -0.1) is 0 Å². The molecule has 1 aliphatic carbocycles. The van der Waals surface area contributed by atoms with E-state index in [-0.39, 0.29) is 17.6 Å². The fourth-order valence-corrected chi connectivity index (χ4v) is 2.91. The maximum Gasteiger partial charge on any atom is 0.326 e. The van der Waals surface area contributed by atoms with Crippen molar-refractivity contribution in [1.82, 2.24) is 10.6 Å². The zero-order valence-corrected chi connectivity index (χ0v) is 12.2. The molecule has 0 aromatic heterocycles. The molecule has 0 saturated heterocycles. The summed E-state index contributed by atoms with van der Waals surface area (Å²) in [4.78, 5) is 33.0. The maximum absolute atomic E-state index is 11.7. The van der Waals surface area contributed by atoms with E-state index in [4.69, 9.17) is 10.2 Å². The lowest BCUT2D eigenvalue weighted by Crippen LogP contribution is -2.51. The van der Waals surface area contributed by atoms with Gasteiger partial charge in [-0.3, -0.25) is 4.79 Å².